The van der Waals surface area contributed by atoms with Crippen LogP contribution in [0.5, 0.6) is 0 Å². The van der Waals surface area contributed by atoms with Gasteiger partial charge in [-0.15, -0.1) is 0 Å². The third-order valence-corrected chi connectivity index (χ3v) is 18.1. The van der Waals surface area contributed by atoms with Crippen LogP contribution in [0.1, 0.15) is 367 Å². The summed E-state index contributed by atoms with van der Waals surface area (Å²) in [6, 6.07) is 0. The van der Waals surface area contributed by atoms with Crippen LogP contribution in [-0.2, 0) is 32.7 Å². The first-order valence-electron chi connectivity index (χ1n) is 39.5. The number of hydrogen-bond donors (Lipinski definition) is 2. The second-order valence-electron chi connectivity index (χ2n) is 26.2. The van der Waals surface area contributed by atoms with Crippen molar-refractivity contribution in [2.24, 2.45) is 5.73 Å². The van der Waals surface area contributed by atoms with Gasteiger partial charge in [-0.3, -0.25) is 18.6 Å². The standard InChI is InChI=1S/C84H148NO8P/c1-3-5-7-9-11-13-15-17-19-21-23-25-27-29-31-33-35-37-38-39-40-41-42-43-44-45-47-49-51-53-55-57-59-61-63-65-67-69-71-73-75-77-84(87)93-82(81-92-94(88,89)91-79-78-85)80-90-83(86)76-74-72-70-68-66-64-62-60-58-56-54-52-50-48-46-36-34-32-30-28-26-24-22-20-18-16-14-12-10-8-6-4-2/h5,7,11,13,17,19,23,25,29,31,35,37,39-40,42-43,45,47,51,53,82H,3-4,6,8-10,12,14-16,18,20-22,24,26-28,30,32-34,36,38,41,44,46,48-50,52,54-81,85H2,1-2H3,(H,88,89)/b7-5-,13-11-,19-17-,25-23-,31-29-,37-35-,40-39-,43-42-,47-45-,53-51-. The van der Waals surface area contributed by atoms with Gasteiger partial charge in [-0.2, -0.15) is 0 Å². The Morgan fingerprint density at radius 3 is 0.872 bits per heavy atom. The van der Waals surface area contributed by atoms with Crippen molar-refractivity contribution >= 4 is 19.8 Å². The fourth-order valence-electron chi connectivity index (χ4n) is 11.3. The number of nitrogens with two attached hydrogens (primary N) is 1. The van der Waals surface area contributed by atoms with E-state index in [2.05, 4.69) is 135 Å². The van der Waals surface area contributed by atoms with Crippen LogP contribution in [0.15, 0.2) is 122 Å². The van der Waals surface area contributed by atoms with Crippen LogP contribution in [0, 0.1) is 0 Å². The zero-order valence-corrected chi connectivity index (χ0v) is 62.1. The SMILES string of the molecule is CC/C=C\C/C=C\C/C=C\C/C=C\C/C=C\C/C=C\C/C=C\C/C=C\C/C=C\C/C=C\CCCCCCCCCCCCC(=O)OC(COC(=O)CCCCCCCCCCCCCCCCCCCCCCCCCCCCCCCCCC)COP(=O)(O)OCCN. The van der Waals surface area contributed by atoms with Crippen LogP contribution in [0.2, 0.25) is 0 Å². The molecular formula is C84H148NO8P. The molecule has 0 spiro atoms. The Balaban J connectivity index is 3.87. The number of phosphoric acid groups is 1. The first-order chi connectivity index (χ1) is 46.3. The molecule has 0 radical (unpaired) electrons. The number of esters is 2. The lowest BCUT2D eigenvalue weighted by Crippen LogP contribution is -2.29. The molecule has 0 aliphatic carbocycles. The zero-order valence-electron chi connectivity index (χ0n) is 61.2. The Kier molecular flexibility index (Phi) is 75.4. The maximum absolute atomic E-state index is 12.8. The van der Waals surface area contributed by atoms with Gasteiger partial charge >= 0.3 is 19.8 Å². The number of hydrogen-bond acceptors (Lipinski definition) is 8. The summed E-state index contributed by atoms with van der Waals surface area (Å²) in [5, 5.41) is 0. The van der Waals surface area contributed by atoms with Crippen molar-refractivity contribution in [3.05, 3.63) is 122 Å². The number of carbonyl (C=O) groups is 2. The first-order valence-corrected chi connectivity index (χ1v) is 41.0. The molecule has 0 aromatic rings. The molecule has 0 bridgehead atoms. The second kappa shape index (κ2) is 78.4. The summed E-state index contributed by atoms with van der Waals surface area (Å²) in [5.74, 6) is -0.822. The number of phosphoric ester groups is 1. The molecule has 0 rings (SSSR count). The fraction of sp³-hybridized carbons (Fsp3) is 0.738. The van der Waals surface area contributed by atoms with Crippen LogP contribution < -0.4 is 5.73 Å². The van der Waals surface area contributed by atoms with Crippen molar-refractivity contribution in [3.63, 3.8) is 0 Å². The summed E-state index contributed by atoms with van der Waals surface area (Å²) >= 11 is 0. The van der Waals surface area contributed by atoms with E-state index in [-0.39, 0.29) is 38.6 Å². The summed E-state index contributed by atoms with van der Waals surface area (Å²) < 4.78 is 33.3. The molecular weight excluding hydrogens is 1180 g/mol. The predicted octanol–water partition coefficient (Wildman–Crippen LogP) is 26.6. The van der Waals surface area contributed by atoms with Gasteiger partial charge in [-0.1, -0.05) is 386 Å². The van der Waals surface area contributed by atoms with Gasteiger partial charge in [0.15, 0.2) is 6.10 Å². The normalized spacial score (nSPS) is 13.5. The second-order valence-corrected chi connectivity index (χ2v) is 27.7. The molecule has 0 saturated heterocycles. The van der Waals surface area contributed by atoms with Gasteiger partial charge in [0.05, 0.1) is 13.2 Å². The molecule has 0 fully saturated rings. The van der Waals surface area contributed by atoms with Gasteiger partial charge in [0.1, 0.15) is 6.61 Å². The molecule has 2 unspecified atom stereocenters. The monoisotopic (exact) mass is 1330 g/mol. The summed E-state index contributed by atoms with van der Waals surface area (Å²) in [6.07, 6.45) is 110. The summed E-state index contributed by atoms with van der Waals surface area (Å²) in [4.78, 5) is 35.5. The van der Waals surface area contributed by atoms with E-state index in [1.54, 1.807) is 0 Å². The average Bonchev–Trinajstić information content (AvgIpc) is 3.59. The molecule has 9 nitrogen and oxygen atoms in total. The Labute approximate surface area is 581 Å². The van der Waals surface area contributed by atoms with Crippen molar-refractivity contribution in [2.45, 2.75) is 373 Å². The van der Waals surface area contributed by atoms with Crippen molar-refractivity contribution in [2.75, 3.05) is 26.4 Å². The lowest BCUT2D eigenvalue weighted by atomic mass is 10.0. The molecule has 10 heteroatoms. The van der Waals surface area contributed by atoms with E-state index in [0.717, 1.165) is 109 Å². The van der Waals surface area contributed by atoms with Crippen LogP contribution in [0.25, 0.3) is 0 Å². The molecule has 0 aromatic heterocycles. The number of ether oxygens (including phenoxy) is 2. The van der Waals surface area contributed by atoms with Gasteiger partial charge in [0.25, 0.3) is 0 Å². The van der Waals surface area contributed by atoms with Crippen molar-refractivity contribution in [1.29, 1.82) is 0 Å². The lowest BCUT2D eigenvalue weighted by molar-refractivity contribution is -0.161. The highest BCUT2D eigenvalue weighted by Gasteiger charge is 2.26. The van der Waals surface area contributed by atoms with Crippen LogP contribution in [0.4, 0.5) is 0 Å². The molecule has 0 aromatic carbocycles. The number of rotatable bonds is 74. The van der Waals surface area contributed by atoms with Gasteiger partial charge < -0.3 is 20.1 Å². The molecule has 2 atom stereocenters. The van der Waals surface area contributed by atoms with E-state index in [4.69, 9.17) is 24.3 Å². The minimum Gasteiger partial charge on any atom is -0.462 e. The Morgan fingerprint density at radius 2 is 0.585 bits per heavy atom. The lowest BCUT2D eigenvalue weighted by Gasteiger charge is -2.19. The third-order valence-electron chi connectivity index (χ3n) is 17.1. The third kappa shape index (κ3) is 77.4. The smallest absolute Gasteiger partial charge is 0.462 e. The highest BCUT2D eigenvalue weighted by atomic mass is 31.2. The van der Waals surface area contributed by atoms with Crippen LogP contribution in [-0.4, -0.2) is 49.3 Å². The molecule has 542 valence electrons. The minimum absolute atomic E-state index is 0.0497. The number of unbranched alkanes of at least 4 members (excludes halogenated alkanes) is 41. The molecule has 94 heavy (non-hydrogen) atoms. The highest BCUT2D eigenvalue weighted by molar-refractivity contribution is 7.47. The van der Waals surface area contributed by atoms with E-state index in [1.807, 2.05) is 0 Å². The largest absolute Gasteiger partial charge is 0.472 e. The molecule has 0 aliphatic rings. The van der Waals surface area contributed by atoms with Crippen LogP contribution >= 0.6 is 7.82 Å². The summed E-state index contributed by atoms with van der Waals surface area (Å²) in [5.41, 5.74) is 5.41. The van der Waals surface area contributed by atoms with E-state index < -0.39 is 26.5 Å². The topological polar surface area (TPSA) is 134 Å². The minimum atomic E-state index is -4.40. The average molecular weight is 1330 g/mol. The predicted molar refractivity (Wildman–Crippen MR) is 408 cm³/mol. The molecule has 0 heterocycles. The van der Waals surface area contributed by atoms with Crippen molar-refractivity contribution < 1.29 is 37.6 Å². The molecule has 3 N–H and O–H groups in total. The van der Waals surface area contributed by atoms with Crippen molar-refractivity contribution in [1.82, 2.24) is 0 Å². The molecule has 0 aliphatic heterocycles. The first kappa shape index (κ1) is 90.4. The maximum Gasteiger partial charge on any atom is 0.472 e. The van der Waals surface area contributed by atoms with Gasteiger partial charge in [0.2, 0.25) is 0 Å². The van der Waals surface area contributed by atoms with Crippen molar-refractivity contribution in [3.8, 4) is 0 Å². The quantitative estimate of drug-likeness (QED) is 0.0264. The molecule has 0 saturated carbocycles. The molecule has 0 amide bonds. The highest BCUT2D eigenvalue weighted by Crippen LogP contribution is 2.43. The van der Waals surface area contributed by atoms with E-state index in [9.17, 15) is 19.0 Å². The van der Waals surface area contributed by atoms with Gasteiger partial charge in [0, 0.05) is 19.4 Å². The summed E-state index contributed by atoms with van der Waals surface area (Å²) in [7, 11) is -4.40. The fourth-order valence-corrected chi connectivity index (χ4v) is 12.1. The number of allylic oxidation sites excluding steroid dienone is 20. The Bertz CT molecular complexity index is 1960. The maximum atomic E-state index is 12.8. The number of carbonyl (C=O) groups excluding carboxylic acids is 2. The zero-order chi connectivity index (χ0) is 67.9. The Hall–Kier alpha value is -3.59. The van der Waals surface area contributed by atoms with E-state index >= 15 is 0 Å². The van der Waals surface area contributed by atoms with Gasteiger partial charge in [-0.25, -0.2) is 4.57 Å². The van der Waals surface area contributed by atoms with Gasteiger partial charge in [-0.05, 0) is 89.9 Å². The van der Waals surface area contributed by atoms with E-state index in [1.165, 1.54) is 225 Å². The van der Waals surface area contributed by atoms with Crippen LogP contribution in [0.3, 0.4) is 0 Å². The summed E-state index contributed by atoms with van der Waals surface area (Å²) in [6.45, 7) is 3.67. The Morgan fingerprint density at radius 1 is 0.330 bits per heavy atom. The van der Waals surface area contributed by atoms with E-state index in [0.29, 0.717) is 6.42 Å².